The van der Waals surface area contributed by atoms with Crippen LogP contribution in [0.25, 0.3) is 0 Å². The van der Waals surface area contributed by atoms with E-state index < -0.39 is 59.4 Å². The van der Waals surface area contributed by atoms with Crippen molar-refractivity contribution >= 4 is 29.6 Å². The van der Waals surface area contributed by atoms with Gasteiger partial charge in [0, 0.05) is 25.8 Å². The molecule has 8 rings (SSSR count). The molecule has 6 unspecified atom stereocenters. The number of amides is 3. The van der Waals surface area contributed by atoms with Crippen molar-refractivity contribution in [2.75, 3.05) is 45.4 Å². The maximum Gasteiger partial charge on any atom is 0.421 e. The summed E-state index contributed by atoms with van der Waals surface area (Å²) in [6, 6.07) is 37.1. The number of imide groups is 1. The van der Waals surface area contributed by atoms with E-state index in [2.05, 4.69) is 40.8 Å². The quantitative estimate of drug-likeness (QED) is 0.0610. The van der Waals surface area contributed by atoms with E-state index in [1.54, 1.807) is 30.3 Å². The smallest absolute Gasteiger partial charge is 0.421 e. The number of cyclic esters (lactones) is 1. The molecule has 5 aromatic rings. The number of esters is 1. The van der Waals surface area contributed by atoms with Crippen LogP contribution < -0.4 is 10.2 Å². The molecule has 5 aromatic carbocycles. The Morgan fingerprint density at radius 2 is 1.54 bits per heavy atom. The number of morpholine rings is 1. The number of benzene rings is 5. The number of phenolic OH excluding ortho intramolecular Hbond substituents is 1. The summed E-state index contributed by atoms with van der Waals surface area (Å²) in [5.41, 5.74) is 2.13. The Bertz CT molecular complexity index is 2540. The van der Waals surface area contributed by atoms with Crippen LogP contribution in [0.4, 0.5) is 10.5 Å². The molecule has 2 saturated heterocycles. The van der Waals surface area contributed by atoms with Crippen LogP contribution in [-0.2, 0) is 40.6 Å². The molecule has 0 bridgehead atoms. The molecule has 12 nitrogen and oxygen atoms in total. The van der Waals surface area contributed by atoms with Crippen LogP contribution in [-0.4, -0.2) is 85.3 Å². The topological polar surface area (TPSA) is 138 Å². The van der Waals surface area contributed by atoms with Gasteiger partial charge in [-0.25, -0.2) is 9.69 Å². The van der Waals surface area contributed by atoms with Crippen molar-refractivity contribution in [3.63, 3.8) is 0 Å². The third kappa shape index (κ3) is 7.98. The first-order chi connectivity index (χ1) is 30.7. The summed E-state index contributed by atoms with van der Waals surface area (Å²) in [6.45, 7) is 4.84. The average Bonchev–Trinajstić information content (AvgIpc) is 3.75. The number of nitrogens with zero attached hydrogens (tertiary/aromatic N) is 3. The molecule has 2 N–H and O–H groups in total. The normalized spacial score (nSPS) is 22.5. The molecular weight excluding hydrogens is 797 g/mol. The number of hydrogen-bond donors (Lipinski definition) is 2. The molecule has 0 aliphatic carbocycles. The molecule has 3 heterocycles. The molecule has 3 aliphatic rings. The van der Waals surface area contributed by atoms with E-state index in [9.17, 15) is 9.90 Å². The summed E-state index contributed by atoms with van der Waals surface area (Å²) < 4.78 is 17.3. The fraction of sp³-hybridized carbons (Fsp3) is 0.255. The lowest BCUT2D eigenvalue weighted by Crippen LogP contribution is -2.55. The zero-order valence-corrected chi connectivity index (χ0v) is 35.1. The van der Waals surface area contributed by atoms with Crippen LogP contribution in [0.2, 0.25) is 0 Å². The average molecular weight is 845 g/mol. The SMILES string of the molecule is C=CCNC(=O)C1C2C(=O)OC(c3ccccc3)C(c3ccccc3)N2C(c2ccc(O)cc2)C12C(=O)N(C(=O)OCCOC)c1ccc(C#CCN(C)Cc3ccccc3)cc12. The summed E-state index contributed by atoms with van der Waals surface area (Å²) in [6.07, 6.45) is -0.348. The molecular formula is C51H48N4O8. The second-order valence-electron chi connectivity index (χ2n) is 15.8. The summed E-state index contributed by atoms with van der Waals surface area (Å²) in [4.78, 5) is 65.5. The summed E-state index contributed by atoms with van der Waals surface area (Å²) in [5, 5.41) is 13.5. The number of carbonyl (C=O) groups excluding carboxylic acids is 4. The Morgan fingerprint density at radius 3 is 2.21 bits per heavy atom. The number of aromatic hydroxyl groups is 1. The third-order valence-electron chi connectivity index (χ3n) is 11.9. The lowest BCUT2D eigenvalue weighted by molar-refractivity contribution is -0.178. The molecule has 320 valence electrons. The number of hydrogen-bond acceptors (Lipinski definition) is 10. The molecule has 3 aliphatic heterocycles. The lowest BCUT2D eigenvalue weighted by atomic mass is 9.65. The van der Waals surface area contributed by atoms with Gasteiger partial charge in [0.1, 0.15) is 29.9 Å². The van der Waals surface area contributed by atoms with Crippen molar-refractivity contribution in [2.24, 2.45) is 5.92 Å². The van der Waals surface area contributed by atoms with E-state index in [0.717, 1.165) is 16.0 Å². The lowest BCUT2D eigenvalue weighted by Gasteiger charge is -2.46. The van der Waals surface area contributed by atoms with Crippen LogP contribution in [0, 0.1) is 17.8 Å². The predicted octanol–water partition coefficient (Wildman–Crippen LogP) is 6.63. The van der Waals surface area contributed by atoms with Crippen molar-refractivity contribution < 1.29 is 38.5 Å². The van der Waals surface area contributed by atoms with E-state index in [1.807, 2.05) is 90.8 Å². The number of phenols is 1. The van der Waals surface area contributed by atoms with E-state index in [-0.39, 0.29) is 31.2 Å². The van der Waals surface area contributed by atoms with E-state index in [0.29, 0.717) is 35.3 Å². The highest BCUT2D eigenvalue weighted by molar-refractivity contribution is 6.23. The molecule has 0 saturated carbocycles. The summed E-state index contributed by atoms with van der Waals surface area (Å²) in [5.74, 6) is 2.91. The van der Waals surface area contributed by atoms with Crippen molar-refractivity contribution in [3.8, 4) is 17.6 Å². The van der Waals surface area contributed by atoms with Gasteiger partial charge in [-0.2, -0.15) is 0 Å². The van der Waals surface area contributed by atoms with Gasteiger partial charge in [0.05, 0.1) is 36.8 Å². The summed E-state index contributed by atoms with van der Waals surface area (Å²) >= 11 is 0. The van der Waals surface area contributed by atoms with Crippen LogP contribution in [0.3, 0.4) is 0 Å². The molecule has 6 atom stereocenters. The van der Waals surface area contributed by atoms with Crippen molar-refractivity contribution in [3.05, 3.63) is 179 Å². The fourth-order valence-corrected chi connectivity index (χ4v) is 9.41. The van der Waals surface area contributed by atoms with Gasteiger partial charge in [0.2, 0.25) is 11.8 Å². The Hall–Kier alpha value is -7.04. The highest BCUT2D eigenvalue weighted by Crippen LogP contribution is 2.66. The first-order valence-corrected chi connectivity index (χ1v) is 20.8. The van der Waals surface area contributed by atoms with Crippen molar-refractivity contribution in [1.29, 1.82) is 0 Å². The highest BCUT2D eigenvalue weighted by Gasteiger charge is 2.75. The highest BCUT2D eigenvalue weighted by atomic mass is 16.6. The first-order valence-electron chi connectivity index (χ1n) is 20.8. The van der Waals surface area contributed by atoms with Gasteiger partial charge >= 0.3 is 12.1 Å². The van der Waals surface area contributed by atoms with Gasteiger partial charge in [-0.15, -0.1) is 6.58 Å². The van der Waals surface area contributed by atoms with E-state index in [1.165, 1.54) is 25.3 Å². The van der Waals surface area contributed by atoms with Crippen LogP contribution in [0.5, 0.6) is 5.75 Å². The predicted molar refractivity (Wildman–Crippen MR) is 236 cm³/mol. The van der Waals surface area contributed by atoms with Gasteiger partial charge in [-0.05, 0) is 65.2 Å². The first kappa shape index (κ1) is 42.6. The van der Waals surface area contributed by atoms with E-state index in [4.69, 9.17) is 14.2 Å². The minimum Gasteiger partial charge on any atom is -0.508 e. The number of methoxy groups -OCH3 is 1. The van der Waals surface area contributed by atoms with Crippen LogP contribution >= 0.6 is 0 Å². The van der Waals surface area contributed by atoms with Gasteiger partial charge in [-0.1, -0.05) is 121 Å². The maximum absolute atomic E-state index is 16.1. The Kier molecular flexibility index (Phi) is 12.5. The van der Waals surface area contributed by atoms with Crippen LogP contribution in [0.1, 0.15) is 51.6 Å². The fourth-order valence-electron chi connectivity index (χ4n) is 9.41. The second-order valence-corrected chi connectivity index (χ2v) is 15.8. The number of anilines is 1. The number of nitrogens with one attached hydrogen (secondary N) is 1. The third-order valence-corrected chi connectivity index (χ3v) is 11.9. The zero-order valence-electron chi connectivity index (χ0n) is 35.1. The standard InChI is InChI=1S/C51H48N4O8/c1-4-28-52-47(57)42-44-48(58)63-45(37-20-12-7-13-21-37)43(36-18-10-6-11-19-36)55(44)46(38-23-25-39(56)26-24-38)51(42)40-32-34(17-14-29-53(2)33-35-15-8-5-9-16-35)22-27-41(40)54(49(51)59)50(60)62-31-30-61-3/h4-13,15-16,18-27,32,42-46,56H,1,28-31,33H2,2-3H3,(H,52,57). The minimum atomic E-state index is -1.98. The molecule has 63 heavy (non-hydrogen) atoms. The largest absolute Gasteiger partial charge is 0.508 e. The molecule has 2 fully saturated rings. The Labute approximate surface area is 366 Å². The Morgan fingerprint density at radius 1 is 0.873 bits per heavy atom. The van der Waals surface area contributed by atoms with Gasteiger partial charge in [0.15, 0.2) is 0 Å². The van der Waals surface area contributed by atoms with Gasteiger partial charge < -0.3 is 24.6 Å². The number of fused-ring (bicyclic) bond motifs is 3. The molecule has 1 spiro atoms. The van der Waals surface area contributed by atoms with Gasteiger partial charge in [-0.3, -0.25) is 24.2 Å². The number of ether oxygens (including phenoxy) is 3. The Balaban J connectivity index is 1.38. The summed E-state index contributed by atoms with van der Waals surface area (Å²) in [7, 11) is 3.44. The second kappa shape index (κ2) is 18.5. The molecule has 0 radical (unpaired) electrons. The maximum atomic E-state index is 16.1. The monoisotopic (exact) mass is 844 g/mol. The molecule has 12 heteroatoms. The van der Waals surface area contributed by atoms with E-state index >= 15 is 14.4 Å². The van der Waals surface area contributed by atoms with Crippen molar-refractivity contribution in [1.82, 2.24) is 15.1 Å². The zero-order chi connectivity index (χ0) is 44.1. The molecule has 0 aromatic heterocycles. The van der Waals surface area contributed by atoms with Gasteiger partial charge in [0.25, 0.3) is 0 Å². The van der Waals surface area contributed by atoms with Crippen molar-refractivity contribution in [2.45, 2.75) is 36.2 Å². The number of rotatable bonds is 12. The minimum absolute atomic E-state index is 0.0254. The molecule has 3 amide bonds. The number of carbonyl (C=O) groups is 4. The van der Waals surface area contributed by atoms with Crippen LogP contribution in [0.15, 0.2) is 146 Å².